The molecule has 0 bridgehead atoms. The maximum Gasteiger partial charge on any atom is 0.220 e. The van der Waals surface area contributed by atoms with Crippen molar-refractivity contribution in [2.75, 3.05) is 18.1 Å². The molecule has 1 amide bonds. The second kappa shape index (κ2) is 10.5. The van der Waals surface area contributed by atoms with Crippen molar-refractivity contribution in [2.24, 2.45) is 0 Å². The zero-order chi connectivity index (χ0) is 17.2. The Kier molecular flexibility index (Phi) is 8.26. The lowest BCUT2D eigenvalue weighted by Gasteiger charge is -2.06. The first kappa shape index (κ1) is 18.9. The van der Waals surface area contributed by atoms with E-state index in [1.54, 1.807) is 11.8 Å². The summed E-state index contributed by atoms with van der Waals surface area (Å²) in [6.45, 7) is 4.94. The molecule has 2 rings (SSSR count). The molecular formula is C20H25NOS2. The number of amides is 1. The number of thioether (sulfide) groups is 2. The quantitative estimate of drug-likeness (QED) is 0.513. The van der Waals surface area contributed by atoms with Gasteiger partial charge in [-0.1, -0.05) is 47.5 Å². The van der Waals surface area contributed by atoms with Gasteiger partial charge in [0.15, 0.2) is 0 Å². The van der Waals surface area contributed by atoms with E-state index in [9.17, 15) is 4.79 Å². The molecule has 0 saturated carbocycles. The van der Waals surface area contributed by atoms with Crippen molar-refractivity contribution in [3.05, 3.63) is 65.2 Å². The second-order valence-corrected chi connectivity index (χ2v) is 8.08. The molecule has 2 aromatic carbocycles. The summed E-state index contributed by atoms with van der Waals surface area (Å²) in [5.74, 6) is 2.92. The molecule has 2 aromatic rings. The molecule has 0 atom stereocenters. The van der Waals surface area contributed by atoms with Gasteiger partial charge in [0.05, 0.1) is 0 Å². The average molecular weight is 360 g/mol. The summed E-state index contributed by atoms with van der Waals surface area (Å²) >= 11 is 3.59. The van der Waals surface area contributed by atoms with Crippen LogP contribution in [0.15, 0.2) is 53.4 Å². The number of hydrogen-bond acceptors (Lipinski definition) is 3. The first-order valence-corrected chi connectivity index (χ1v) is 10.4. The fourth-order valence-corrected chi connectivity index (χ4v) is 3.90. The third-order valence-electron chi connectivity index (χ3n) is 3.54. The molecule has 4 heteroatoms. The number of hydrogen-bond donors (Lipinski definition) is 1. The second-order valence-electron chi connectivity index (χ2n) is 5.80. The van der Waals surface area contributed by atoms with Crippen LogP contribution in [-0.2, 0) is 10.5 Å². The van der Waals surface area contributed by atoms with Gasteiger partial charge in [0.1, 0.15) is 0 Å². The molecule has 0 fully saturated rings. The average Bonchev–Trinajstić information content (AvgIpc) is 2.56. The van der Waals surface area contributed by atoms with E-state index in [1.165, 1.54) is 21.6 Å². The van der Waals surface area contributed by atoms with Crippen molar-refractivity contribution in [1.29, 1.82) is 0 Å². The largest absolute Gasteiger partial charge is 0.355 e. The lowest BCUT2D eigenvalue weighted by molar-refractivity contribution is -0.120. The maximum atomic E-state index is 11.8. The predicted molar refractivity (Wildman–Crippen MR) is 107 cm³/mol. The maximum absolute atomic E-state index is 11.8. The van der Waals surface area contributed by atoms with Gasteiger partial charge in [0, 0.05) is 35.1 Å². The van der Waals surface area contributed by atoms with Crippen LogP contribution in [-0.4, -0.2) is 24.0 Å². The SMILES string of the molecule is Cc1ccc(SCCC(=O)NCCSCc2cccc(C)c2)cc1. The Hall–Kier alpha value is -1.39. The van der Waals surface area contributed by atoms with Crippen molar-refractivity contribution >= 4 is 29.4 Å². The van der Waals surface area contributed by atoms with E-state index < -0.39 is 0 Å². The molecule has 0 radical (unpaired) electrons. The summed E-state index contributed by atoms with van der Waals surface area (Å²) in [5.41, 5.74) is 3.91. The van der Waals surface area contributed by atoms with E-state index in [0.717, 1.165) is 23.8 Å². The van der Waals surface area contributed by atoms with Crippen LogP contribution in [0.1, 0.15) is 23.1 Å². The van der Waals surface area contributed by atoms with Gasteiger partial charge in [0.25, 0.3) is 0 Å². The zero-order valence-electron chi connectivity index (χ0n) is 14.4. The van der Waals surface area contributed by atoms with Crippen LogP contribution in [0.3, 0.4) is 0 Å². The van der Waals surface area contributed by atoms with Crippen LogP contribution in [0.4, 0.5) is 0 Å². The molecule has 128 valence electrons. The third-order valence-corrected chi connectivity index (χ3v) is 5.58. The number of rotatable bonds is 9. The van der Waals surface area contributed by atoms with Gasteiger partial charge in [-0.2, -0.15) is 11.8 Å². The highest BCUT2D eigenvalue weighted by molar-refractivity contribution is 7.99. The number of carbonyl (C=O) groups excluding carboxylic acids is 1. The molecule has 0 aliphatic rings. The minimum Gasteiger partial charge on any atom is -0.355 e. The highest BCUT2D eigenvalue weighted by Gasteiger charge is 2.02. The fourth-order valence-electron chi connectivity index (χ4n) is 2.24. The molecule has 0 spiro atoms. The monoisotopic (exact) mass is 359 g/mol. The summed E-state index contributed by atoms with van der Waals surface area (Å²) in [7, 11) is 0. The van der Waals surface area contributed by atoms with Crippen molar-refractivity contribution in [1.82, 2.24) is 5.32 Å². The van der Waals surface area contributed by atoms with Crippen LogP contribution in [0, 0.1) is 13.8 Å². The molecule has 0 saturated heterocycles. The lowest BCUT2D eigenvalue weighted by atomic mass is 10.2. The number of carbonyl (C=O) groups is 1. The number of benzene rings is 2. The summed E-state index contributed by atoms with van der Waals surface area (Å²) in [6, 6.07) is 17.0. The van der Waals surface area contributed by atoms with E-state index in [1.807, 2.05) is 11.8 Å². The van der Waals surface area contributed by atoms with Gasteiger partial charge < -0.3 is 5.32 Å². The van der Waals surface area contributed by atoms with Gasteiger partial charge in [0.2, 0.25) is 5.91 Å². The van der Waals surface area contributed by atoms with Crippen LogP contribution in [0.2, 0.25) is 0 Å². The molecule has 0 aromatic heterocycles. The Bertz CT molecular complexity index is 640. The van der Waals surface area contributed by atoms with Gasteiger partial charge in [-0.05, 0) is 31.5 Å². The van der Waals surface area contributed by atoms with Crippen LogP contribution < -0.4 is 5.32 Å². The normalized spacial score (nSPS) is 10.6. The topological polar surface area (TPSA) is 29.1 Å². The van der Waals surface area contributed by atoms with E-state index in [4.69, 9.17) is 0 Å². The van der Waals surface area contributed by atoms with Crippen LogP contribution >= 0.6 is 23.5 Å². The molecule has 0 aliphatic heterocycles. The Morgan fingerprint density at radius 1 is 1.00 bits per heavy atom. The molecular weight excluding hydrogens is 334 g/mol. The van der Waals surface area contributed by atoms with E-state index in [0.29, 0.717) is 6.42 Å². The van der Waals surface area contributed by atoms with Gasteiger partial charge >= 0.3 is 0 Å². The highest BCUT2D eigenvalue weighted by atomic mass is 32.2. The lowest BCUT2D eigenvalue weighted by Crippen LogP contribution is -2.25. The first-order valence-electron chi connectivity index (χ1n) is 8.23. The fraction of sp³-hybridized carbons (Fsp3) is 0.350. The van der Waals surface area contributed by atoms with Crippen molar-refractivity contribution in [2.45, 2.75) is 30.9 Å². The molecule has 0 heterocycles. The smallest absolute Gasteiger partial charge is 0.220 e. The summed E-state index contributed by atoms with van der Waals surface area (Å²) in [4.78, 5) is 13.1. The summed E-state index contributed by atoms with van der Waals surface area (Å²) in [5, 5.41) is 3.00. The Labute approximate surface area is 153 Å². The number of nitrogens with one attached hydrogen (secondary N) is 1. The van der Waals surface area contributed by atoms with Crippen LogP contribution in [0.25, 0.3) is 0 Å². The first-order chi connectivity index (χ1) is 11.6. The van der Waals surface area contributed by atoms with Gasteiger partial charge in [-0.25, -0.2) is 0 Å². The molecule has 0 unspecified atom stereocenters. The molecule has 0 aliphatic carbocycles. The predicted octanol–water partition coefficient (Wildman–Crippen LogP) is 4.84. The molecule has 2 nitrogen and oxygen atoms in total. The van der Waals surface area contributed by atoms with Crippen LogP contribution in [0.5, 0.6) is 0 Å². The minimum absolute atomic E-state index is 0.144. The summed E-state index contributed by atoms with van der Waals surface area (Å²) < 4.78 is 0. The standard InChI is InChI=1S/C20H25NOS2/c1-16-6-8-19(9-7-16)24-12-10-20(22)21-11-13-23-15-18-5-3-4-17(2)14-18/h3-9,14H,10-13,15H2,1-2H3,(H,21,22). The summed E-state index contributed by atoms with van der Waals surface area (Å²) in [6.07, 6.45) is 0.571. The molecule has 1 N–H and O–H groups in total. The highest BCUT2D eigenvalue weighted by Crippen LogP contribution is 2.19. The van der Waals surface area contributed by atoms with E-state index in [2.05, 4.69) is 67.7 Å². The number of aryl methyl sites for hydroxylation is 2. The zero-order valence-corrected chi connectivity index (χ0v) is 16.0. The Morgan fingerprint density at radius 3 is 2.54 bits per heavy atom. The Balaban J connectivity index is 1.52. The van der Waals surface area contributed by atoms with Gasteiger partial charge in [-0.15, -0.1) is 11.8 Å². The van der Waals surface area contributed by atoms with Crippen molar-refractivity contribution in [3.63, 3.8) is 0 Å². The van der Waals surface area contributed by atoms with Crippen molar-refractivity contribution in [3.8, 4) is 0 Å². The van der Waals surface area contributed by atoms with Crippen molar-refractivity contribution < 1.29 is 4.79 Å². The van der Waals surface area contributed by atoms with Gasteiger partial charge in [-0.3, -0.25) is 4.79 Å². The van der Waals surface area contributed by atoms with E-state index in [-0.39, 0.29) is 5.91 Å². The van der Waals surface area contributed by atoms with E-state index >= 15 is 0 Å². The molecule has 24 heavy (non-hydrogen) atoms. The Morgan fingerprint density at radius 2 is 1.79 bits per heavy atom. The third kappa shape index (κ3) is 7.45. The minimum atomic E-state index is 0.144.